The quantitative estimate of drug-likeness (QED) is 0.584. The first-order chi connectivity index (χ1) is 6.13. The first-order valence-corrected chi connectivity index (χ1v) is 4.73. The van der Waals surface area contributed by atoms with Crippen molar-refractivity contribution >= 4 is 31.2 Å². The molecular weight excluding hydrogens is 204 g/mol. The van der Waals surface area contributed by atoms with Crippen LogP contribution in [0, 0.1) is 0 Å². The third kappa shape index (κ3) is 2.97. The Labute approximate surface area is 88.1 Å². The molecule has 0 bridgehead atoms. The smallest absolute Gasteiger partial charge is 0.338 e. The van der Waals surface area contributed by atoms with Gasteiger partial charge in [-0.05, 0) is 25.1 Å². The molecule has 0 aromatic heterocycles. The lowest BCUT2D eigenvalue weighted by atomic mass is 10.2. The van der Waals surface area contributed by atoms with Crippen LogP contribution in [0.25, 0.3) is 0 Å². The number of carbonyl (C=O) groups is 1. The highest BCUT2D eigenvalue weighted by Crippen LogP contribution is 2.16. The predicted octanol–water partition coefficient (Wildman–Crippen LogP) is 2.44. The third-order valence-electron chi connectivity index (χ3n) is 1.41. The molecule has 0 aliphatic heterocycles. The number of hydrogen-bond donors (Lipinski definition) is 2. The molecule has 0 radical (unpaired) electrons. The van der Waals surface area contributed by atoms with Crippen LogP contribution in [0.1, 0.15) is 17.3 Å². The lowest BCUT2D eigenvalue weighted by Gasteiger charge is -2.03. The van der Waals surface area contributed by atoms with Crippen molar-refractivity contribution in [2.24, 2.45) is 0 Å². The van der Waals surface area contributed by atoms with Gasteiger partial charge in [0.1, 0.15) is 0 Å². The van der Waals surface area contributed by atoms with Crippen LogP contribution >= 0.6 is 25.3 Å². The first kappa shape index (κ1) is 10.5. The third-order valence-corrected chi connectivity index (χ3v) is 1.93. The van der Waals surface area contributed by atoms with Gasteiger partial charge in [-0.2, -0.15) is 0 Å². The van der Waals surface area contributed by atoms with Gasteiger partial charge in [0.15, 0.2) is 0 Å². The molecule has 0 heterocycles. The zero-order valence-electron chi connectivity index (χ0n) is 7.15. The molecule has 0 fully saturated rings. The van der Waals surface area contributed by atoms with E-state index in [2.05, 4.69) is 25.3 Å². The fourth-order valence-corrected chi connectivity index (χ4v) is 1.59. The Hall–Kier alpha value is -0.610. The Balaban J connectivity index is 2.94. The molecule has 0 spiro atoms. The van der Waals surface area contributed by atoms with E-state index in [9.17, 15) is 4.79 Å². The van der Waals surface area contributed by atoms with E-state index >= 15 is 0 Å². The summed E-state index contributed by atoms with van der Waals surface area (Å²) < 4.78 is 4.83. The maximum absolute atomic E-state index is 11.3. The Morgan fingerprint density at radius 3 is 2.31 bits per heavy atom. The van der Waals surface area contributed by atoms with E-state index in [-0.39, 0.29) is 5.97 Å². The monoisotopic (exact) mass is 214 g/mol. The van der Waals surface area contributed by atoms with Crippen LogP contribution in [0.3, 0.4) is 0 Å². The molecule has 0 atom stereocenters. The van der Waals surface area contributed by atoms with Crippen LogP contribution in [0.2, 0.25) is 0 Å². The van der Waals surface area contributed by atoms with E-state index < -0.39 is 0 Å². The van der Waals surface area contributed by atoms with Gasteiger partial charge in [0.2, 0.25) is 0 Å². The second-order valence-corrected chi connectivity index (χ2v) is 3.49. The van der Waals surface area contributed by atoms with Gasteiger partial charge < -0.3 is 4.74 Å². The van der Waals surface area contributed by atoms with Crippen LogP contribution in [-0.4, -0.2) is 12.6 Å². The van der Waals surface area contributed by atoms with E-state index in [4.69, 9.17) is 4.74 Å². The van der Waals surface area contributed by atoms with Crippen LogP contribution in [0.5, 0.6) is 0 Å². The summed E-state index contributed by atoms with van der Waals surface area (Å²) in [5, 5.41) is 0. The molecule has 0 N–H and O–H groups in total. The summed E-state index contributed by atoms with van der Waals surface area (Å²) in [5.41, 5.74) is 0.486. The minimum Gasteiger partial charge on any atom is -0.462 e. The van der Waals surface area contributed by atoms with Gasteiger partial charge in [-0.1, -0.05) is 0 Å². The molecule has 1 aromatic rings. The molecule has 1 rings (SSSR count). The van der Waals surface area contributed by atoms with Crippen LogP contribution in [0.15, 0.2) is 28.0 Å². The Morgan fingerprint density at radius 2 is 1.85 bits per heavy atom. The molecule has 70 valence electrons. The van der Waals surface area contributed by atoms with Gasteiger partial charge in [-0.25, -0.2) is 4.79 Å². The maximum Gasteiger partial charge on any atom is 0.338 e. The average Bonchev–Trinajstić information content (AvgIpc) is 2.03. The SMILES string of the molecule is CCOC(=O)c1cc(S)cc(S)c1. The van der Waals surface area contributed by atoms with Crippen molar-refractivity contribution in [3.05, 3.63) is 23.8 Å². The van der Waals surface area contributed by atoms with Crippen LogP contribution in [0.4, 0.5) is 0 Å². The highest BCUT2D eigenvalue weighted by atomic mass is 32.1. The minimum atomic E-state index is -0.339. The van der Waals surface area contributed by atoms with Gasteiger partial charge in [0.05, 0.1) is 12.2 Å². The van der Waals surface area contributed by atoms with Gasteiger partial charge in [-0.15, -0.1) is 25.3 Å². The van der Waals surface area contributed by atoms with Crippen molar-refractivity contribution in [2.75, 3.05) is 6.61 Å². The number of carbonyl (C=O) groups excluding carboxylic acids is 1. The number of benzene rings is 1. The number of hydrogen-bond acceptors (Lipinski definition) is 4. The lowest BCUT2D eigenvalue weighted by Crippen LogP contribution is -2.04. The molecule has 13 heavy (non-hydrogen) atoms. The van der Waals surface area contributed by atoms with Crippen molar-refractivity contribution in [1.82, 2.24) is 0 Å². The summed E-state index contributed by atoms with van der Waals surface area (Å²) in [6.07, 6.45) is 0. The standard InChI is InChI=1S/C9H10O2S2/c1-2-11-9(10)6-3-7(12)5-8(13)4-6/h3-5,12-13H,2H2,1H3. The summed E-state index contributed by atoms with van der Waals surface area (Å²) >= 11 is 8.26. The van der Waals surface area contributed by atoms with Crippen LogP contribution in [-0.2, 0) is 4.74 Å². The summed E-state index contributed by atoms with van der Waals surface area (Å²) in [5.74, 6) is -0.339. The molecule has 1 aromatic carbocycles. The first-order valence-electron chi connectivity index (χ1n) is 3.83. The molecule has 4 heteroatoms. The number of rotatable bonds is 2. The van der Waals surface area contributed by atoms with Gasteiger partial charge >= 0.3 is 5.97 Å². The van der Waals surface area contributed by atoms with E-state index in [1.54, 1.807) is 25.1 Å². The van der Waals surface area contributed by atoms with Crippen molar-refractivity contribution in [1.29, 1.82) is 0 Å². The van der Waals surface area contributed by atoms with E-state index in [1.165, 1.54) is 0 Å². The topological polar surface area (TPSA) is 26.3 Å². The second kappa shape index (κ2) is 4.58. The van der Waals surface area contributed by atoms with Crippen molar-refractivity contribution in [3.8, 4) is 0 Å². The predicted molar refractivity (Wildman–Crippen MR) is 56.9 cm³/mol. The lowest BCUT2D eigenvalue weighted by molar-refractivity contribution is 0.0526. The highest BCUT2D eigenvalue weighted by Gasteiger charge is 2.06. The maximum atomic E-state index is 11.3. The van der Waals surface area contributed by atoms with Gasteiger partial charge in [0.25, 0.3) is 0 Å². The van der Waals surface area contributed by atoms with Crippen molar-refractivity contribution < 1.29 is 9.53 Å². The Morgan fingerprint density at radius 1 is 1.31 bits per heavy atom. The zero-order chi connectivity index (χ0) is 9.84. The molecule has 2 nitrogen and oxygen atoms in total. The molecule has 0 amide bonds. The molecule has 0 aliphatic rings. The number of thiol groups is 2. The van der Waals surface area contributed by atoms with E-state index in [0.717, 1.165) is 0 Å². The molecule has 0 saturated heterocycles. The fraction of sp³-hybridized carbons (Fsp3) is 0.222. The number of esters is 1. The average molecular weight is 214 g/mol. The summed E-state index contributed by atoms with van der Waals surface area (Å²) in [7, 11) is 0. The Kier molecular flexibility index (Phi) is 3.69. The molecule has 0 aliphatic carbocycles. The molecule has 0 unspecified atom stereocenters. The van der Waals surface area contributed by atoms with Crippen LogP contribution < -0.4 is 0 Å². The van der Waals surface area contributed by atoms with Crippen molar-refractivity contribution in [2.45, 2.75) is 16.7 Å². The summed E-state index contributed by atoms with van der Waals surface area (Å²) in [4.78, 5) is 12.7. The largest absolute Gasteiger partial charge is 0.462 e. The second-order valence-electron chi connectivity index (χ2n) is 2.46. The highest BCUT2D eigenvalue weighted by molar-refractivity contribution is 7.81. The summed E-state index contributed by atoms with van der Waals surface area (Å²) in [6.45, 7) is 2.14. The normalized spacial score (nSPS) is 9.77. The number of ether oxygens (including phenoxy) is 1. The Bertz CT molecular complexity index is 303. The zero-order valence-corrected chi connectivity index (χ0v) is 8.94. The summed E-state index contributed by atoms with van der Waals surface area (Å²) in [6, 6.07) is 5.07. The van der Waals surface area contributed by atoms with Crippen molar-refractivity contribution in [3.63, 3.8) is 0 Å². The van der Waals surface area contributed by atoms with E-state index in [1.807, 2.05) is 0 Å². The fourth-order valence-electron chi connectivity index (χ4n) is 0.927. The molecular formula is C9H10O2S2. The molecule has 0 saturated carbocycles. The minimum absolute atomic E-state index is 0.339. The van der Waals surface area contributed by atoms with Gasteiger partial charge in [0, 0.05) is 9.79 Å². The van der Waals surface area contributed by atoms with Gasteiger partial charge in [-0.3, -0.25) is 0 Å². The van der Waals surface area contributed by atoms with E-state index in [0.29, 0.717) is 22.0 Å².